The van der Waals surface area contributed by atoms with Crippen molar-refractivity contribution in [1.82, 2.24) is 0 Å². The van der Waals surface area contributed by atoms with Crippen LogP contribution in [0.5, 0.6) is 5.75 Å². The van der Waals surface area contributed by atoms with E-state index in [0.29, 0.717) is 24.7 Å². The SMILES string of the molecule is C1COCO1.CC.COC(=O)c1c2c(c3c(c1C(=O)OC)OCCN3C)CCCC2.[W]. The van der Waals surface area contributed by atoms with Gasteiger partial charge in [0.15, 0.2) is 5.75 Å². The summed E-state index contributed by atoms with van der Waals surface area (Å²) in [6, 6.07) is 0. The number of ether oxygens (including phenoxy) is 5. The van der Waals surface area contributed by atoms with Crippen LogP contribution >= 0.6 is 0 Å². The summed E-state index contributed by atoms with van der Waals surface area (Å²) in [6.45, 7) is 7.27. The summed E-state index contributed by atoms with van der Waals surface area (Å²) in [5.41, 5.74) is 3.42. The maximum Gasteiger partial charge on any atom is 0.342 e. The van der Waals surface area contributed by atoms with E-state index in [1.165, 1.54) is 14.2 Å². The zero-order valence-corrected chi connectivity index (χ0v) is 22.0. The molecule has 1 fully saturated rings. The Morgan fingerprint density at radius 1 is 0.871 bits per heavy atom. The molecule has 1 aromatic carbocycles. The predicted octanol–water partition coefficient (Wildman–Crippen LogP) is 2.98. The zero-order chi connectivity index (χ0) is 22.1. The zero-order valence-electron chi connectivity index (χ0n) is 19.1. The number of nitrogens with zero attached hydrogens (tertiary/aromatic N) is 1. The van der Waals surface area contributed by atoms with Crippen LogP contribution in [0, 0.1) is 0 Å². The molecule has 2 heterocycles. The van der Waals surface area contributed by atoms with Gasteiger partial charge in [0.1, 0.15) is 19.0 Å². The first kappa shape index (κ1) is 27.4. The molecule has 0 radical (unpaired) electrons. The molecule has 8 nitrogen and oxygen atoms in total. The summed E-state index contributed by atoms with van der Waals surface area (Å²) in [4.78, 5) is 26.9. The van der Waals surface area contributed by atoms with Crippen molar-refractivity contribution in [3.8, 4) is 5.75 Å². The fourth-order valence-corrected chi connectivity index (χ4v) is 3.82. The van der Waals surface area contributed by atoms with Crippen LogP contribution in [0.1, 0.15) is 58.5 Å². The average Bonchev–Trinajstić information content (AvgIpc) is 3.39. The van der Waals surface area contributed by atoms with E-state index in [2.05, 4.69) is 4.90 Å². The maximum absolute atomic E-state index is 12.4. The minimum absolute atomic E-state index is 0. The Labute approximate surface area is 198 Å². The molecule has 3 aliphatic rings. The molecule has 9 heteroatoms. The summed E-state index contributed by atoms with van der Waals surface area (Å²) >= 11 is 0. The molecule has 0 N–H and O–H groups in total. The van der Waals surface area contributed by atoms with Gasteiger partial charge in [-0.15, -0.1) is 0 Å². The molecule has 31 heavy (non-hydrogen) atoms. The van der Waals surface area contributed by atoms with Gasteiger partial charge in [-0.2, -0.15) is 0 Å². The van der Waals surface area contributed by atoms with Crippen LogP contribution in [-0.2, 0) is 52.9 Å². The topological polar surface area (TPSA) is 83.5 Å². The van der Waals surface area contributed by atoms with Gasteiger partial charge in [-0.05, 0) is 36.8 Å². The van der Waals surface area contributed by atoms with Crippen molar-refractivity contribution in [3.05, 3.63) is 22.3 Å². The van der Waals surface area contributed by atoms with Crippen molar-refractivity contribution >= 4 is 17.6 Å². The molecule has 2 aliphatic heterocycles. The number of hydrogen-bond donors (Lipinski definition) is 0. The number of rotatable bonds is 2. The molecular weight excluding hydrogens is 574 g/mol. The van der Waals surface area contributed by atoms with Gasteiger partial charge < -0.3 is 28.6 Å². The van der Waals surface area contributed by atoms with E-state index in [1.807, 2.05) is 20.9 Å². The second kappa shape index (κ2) is 13.7. The van der Waals surface area contributed by atoms with Crippen molar-refractivity contribution in [1.29, 1.82) is 0 Å². The van der Waals surface area contributed by atoms with Gasteiger partial charge in [-0.3, -0.25) is 0 Å². The monoisotopic (exact) mass is 607 g/mol. The van der Waals surface area contributed by atoms with E-state index in [0.717, 1.165) is 62.3 Å². The Bertz CT molecular complexity index is 743. The first-order valence-corrected chi connectivity index (χ1v) is 10.5. The molecule has 0 spiro atoms. The normalized spacial score (nSPS) is 16.0. The first-order valence-electron chi connectivity index (χ1n) is 10.5. The minimum atomic E-state index is -0.565. The third-order valence-electron chi connectivity index (χ3n) is 5.12. The average molecular weight is 607 g/mol. The van der Waals surface area contributed by atoms with Gasteiger partial charge in [0, 0.05) is 28.1 Å². The predicted molar refractivity (Wildman–Crippen MR) is 113 cm³/mol. The molecule has 1 saturated heterocycles. The summed E-state index contributed by atoms with van der Waals surface area (Å²) in [6.07, 6.45) is 3.67. The molecule has 1 aromatic rings. The van der Waals surface area contributed by atoms with E-state index in [1.54, 1.807) is 0 Å². The molecule has 0 bridgehead atoms. The van der Waals surface area contributed by atoms with Crippen molar-refractivity contribution < 1.29 is 54.3 Å². The van der Waals surface area contributed by atoms with Gasteiger partial charge in [0.25, 0.3) is 0 Å². The largest absolute Gasteiger partial charge is 0.489 e. The van der Waals surface area contributed by atoms with Crippen LogP contribution in [0.3, 0.4) is 0 Å². The van der Waals surface area contributed by atoms with Crippen LogP contribution < -0.4 is 9.64 Å². The summed E-state index contributed by atoms with van der Waals surface area (Å²) in [5, 5.41) is 0. The smallest absolute Gasteiger partial charge is 0.342 e. The number of likely N-dealkylation sites (N-methyl/N-ethyl adjacent to an activating group) is 1. The number of methoxy groups -OCH3 is 2. The standard InChI is InChI=1S/C17H21NO5.C3H6O2.C2H6.W/c1-18-8-9-23-15-13(17(20)22-3)12(16(19)21-2)10-6-4-5-7-11(10)14(15)18;1-2-5-3-4-1;1-2;/h4-9H2,1-3H3;1-3H2;1-2H3;. The number of carbonyl (C=O) groups excluding carboxylic acids is 2. The van der Waals surface area contributed by atoms with E-state index >= 15 is 0 Å². The van der Waals surface area contributed by atoms with Crippen molar-refractivity contribution in [2.24, 2.45) is 0 Å². The van der Waals surface area contributed by atoms with Crippen molar-refractivity contribution in [2.75, 3.05) is 59.3 Å². The van der Waals surface area contributed by atoms with E-state index in [-0.39, 0.29) is 26.6 Å². The van der Waals surface area contributed by atoms with Gasteiger partial charge in [0.2, 0.25) is 0 Å². The van der Waals surface area contributed by atoms with Gasteiger partial charge >= 0.3 is 11.9 Å². The number of carbonyl (C=O) groups is 2. The number of hydrogen-bond acceptors (Lipinski definition) is 8. The molecule has 174 valence electrons. The Balaban J connectivity index is 0.000000520. The molecule has 0 saturated carbocycles. The fourth-order valence-electron chi connectivity index (χ4n) is 3.82. The number of fused-ring (bicyclic) bond motifs is 3. The van der Waals surface area contributed by atoms with Crippen LogP contribution in [-0.4, -0.2) is 66.4 Å². The van der Waals surface area contributed by atoms with E-state index < -0.39 is 11.9 Å². The molecule has 0 aromatic heterocycles. The molecule has 0 unspecified atom stereocenters. The Morgan fingerprint density at radius 2 is 1.42 bits per heavy atom. The molecule has 0 amide bonds. The van der Waals surface area contributed by atoms with Gasteiger partial charge in [0.05, 0.1) is 45.2 Å². The van der Waals surface area contributed by atoms with Crippen LogP contribution in [0.2, 0.25) is 0 Å². The van der Waals surface area contributed by atoms with E-state index in [9.17, 15) is 9.59 Å². The molecular formula is C22H33NO7W. The third kappa shape index (κ3) is 6.21. The van der Waals surface area contributed by atoms with Crippen LogP contribution in [0.25, 0.3) is 0 Å². The Morgan fingerprint density at radius 3 is 1.94 bits per heavy atom. The molecule has 4 rings (SSSR count). The summed E-state index contributed by atoms with van der Waals surface area (Å²) in [5.74, 6) is -0.625. The Kier molecular flexibility index (Phi) is 12.1. The second-order valence-corrected chi connectivity index (χ2v) is 6.78. The third-order valence-corrected chi connectivity index (χ3v) is 5.12. The van der Waals surface area contributed by atoms with Crippen molar-refractivity contribution in [2.45, 2.75) is 39.5 Å². The van der Waals surface area contributed by atoms with E-state index in [4.69, 9.17) is 23.7 Å². The number of benzene rings is 1. The second-order valence-electron chi connectivity index (χ2n) is 6.78. The van der Waals surface area contributed by atoms with Crippen LogP contribution in [0.15, 0.2) is 0 Å². The summed E-state index contributed by atoms with van der Waals surface area (Å²) in [7, 11) is 4.61. The van der Waals surface area contributed by atoms with Gasteiger partial charge in [-0.25, -0.2) is 9.59 Å². The molecule has 0 atom stereocenters. The fraction of sp³-hybridized carbons (Fsp3) is 0.636. The summed E-state index contributed by atoms with van der Waals surface area (Å²) < 4.78 is 25.1. The number of anilines is 1. The first-order chi connectivity index (χ1) is 14.6. The van der Waals surface area contributed by atoms with Crippen LogP contribution in [0.4, 0.5) is 5.69 Å². The number of esters is 2. The quantitative estimate of drug-likeness (QED) is 0.475. The maximum atomic E-state index is 12.4. The minimum Gasteiger partial charge on any atom is -0.489 e. The van der Waals surface area contributed by atoms with Gasteiger partial charge in [-0.1, -0.05) is 13.8 Å². The molecule has 1 aliphatic carbocycles. The van der Waals surface area contributed by atoms with Crippen molar-refractivity contribution in [3.63, 3.8) is 0 Å². The Hall–Kier alpha value is -1.63.